The molecule has 1 aliphatic heterocycles. The molecule has 0 spiro atoms. The number of hydrogen-bond donors (Lipinski definition) is 0. The molecule has 5 nitrogen and oxygen atoms in total. The van der Waals surface area contributed by atoms with Crippen LogP contribution in [0.2, 0.25) is 0 Å². The number of benzene rings is 1. The van der Waals surface area contributed by atoms with Gasteiger partial charge in [-0.1, -0.05) is 19.1 Å². The van der Waals surface area contributed by atoms with Crippen LogP contribution in [0.5, 0.6) is 5.75 Å². The quantitative estimate of drug-likeness (QED) is 0.842. The predicted molar refractivity (Wildman–Crippen MR) is 79.9 cm³/mol. The van der Waals surface area contributed by atoms with E-state index in [1.165, 1.54) is 0 Å². The molecule has 1 aromatic rings. The van der Waals surface area contributed by atoms with Crippen molar-refractivity contribution in [1.82, 2.24) is 9.80 Å². The summed E-state index contributed by atoms with van der Waals surface area (Å²) < 4.78 is 5.68. The molecule has 21 heavy (non-hydrogen) atoms. The van der Waals surface area contributed by atoms with Crippen molar-refractivity contribution in [2.24, 2.45) is 0 Å². The molecule has 1 heterocycles. The molecule has 2 rings (SSSR count). The van der Waals surface area contributed by atoms with Gasteiger partial charge in [-0.25, -0.2) is 0 Å². The molecule has 0 radical (unpaired) electrons. The number of likely N-dealkylation sites (N-methyl/N-ethyl adjacent to an activating group) is 1. The van der Waals surface area contributed by atoms with Gasteiger partial charge in [-0.3, -0.25) is 4.79 Å². The zero-order chi connectivity index (χ0) is 15.2. The normalized spacial score (nSPS) is 17.1. The van der Waals surface area contributed by atoms with Crippen molar-refractivity contribution in [1.29, 1.82) is 5.26 Å². The highest BCUT2D eigenvalue weighted by atomic mass is 16.5. The first-order valence-corrected chi connectivity index (χ1v) is 7.32. The number of nitriles is 1. The van der Waals surface area contributed by atoms with Gasteiger partial charge >= 0.3 is 0 Å². The Morgan fingerprint density at radius 2 is 2.00 bits per heavy atom. The molecule has 1 aliphatic rings. The summed E-state index contributed by atoms with van der Waals surface area (Å²) >= 11 is 0. The molecule has 112 valence electrons. The third-order valence-electron chi connectivity index (χ3n) is 3.79. The van der Waals surface area contributed by atoms with Crippen LogP contribution in [0.4, 0.5) is 0 Å². The van der Waals surface area contributed by atoms with Crippen LogP contribution < -0.4 is 4.74 Å². The number of rotatable bonds is 4. The molecule has 1 amide bonds. The van der Waals surface area contributed by atoms with Gasteiger partial charge in [0.25, 0.3) is 5.91 Å². The van der Waals surface area contributed by atoms with Crippen molar-refractivity contribution in [3.8, 4) is 11.8 Å². The van der Waals surface area contributed by atoms with Gasteiger partial charge in [-0.2, -0.15) is 5.26 Å². The van der Waals surface area contributed by atoms with Gasteiger partial charge in [0, 0.05) is 26.2 Å². The van der Waals surface area contributed by atoms with E-state index in [1.54, 1.807) is 31.2 Å². The second-order valence-electron chi connectivity index (χ2n) is 5.13. The Hall–Kier alpha value is -2.06. The number of nitrogens with zero attached hydrogens (tertiary/aromatic N) is 3. The fourth-order valence-corrected chi connectivity index (χ4v) is 2.44. The number of piperazine rings is 1. The fourth-order valence-electron chi connectivity index (χ4n) is 2.44. The first-order chi connectivity index (χ1) is 10.2. The minimum absolute atomic E-state index is 0.0153. The molecule has 5 heteroatoms. The Bertz CT molecular complexity index is 531. The van der Waals surface area contributed by atoms with Crippen LogP contribution in [0.15, 0.2) is 24.3 Å². The molecule has 1 saturated heterocycles. The van der Waals surface area contributed by atoms with E-state index in [9.17, 15) is 4.79 Å². The average molecular weight is 287 g/mol. The molecule has 0 bridgehead atoms. The summed E-state index contributed by atoms with van der Waals surface area (Å²) in [5.41, 5.74) is 0.452. The van der Waals surface area contributed by atoms with Crippen LogP contribution in [-0.2, 0) is 4.79 Å². The van der Waals surface area contributed by atoms with Crippen molar-refractivity contribution in [2.75, 3.05) is 32.7 Å². The molecule has 0 unspecified atom stereocenters. The number of ether oxygens (including phenoxy) is 1. The van der Waals surface area contributed by atoms with Crippen LogP contribution in [0, 0.1) is 11.3 Å². The highest BCUT2D eigenvalue weighted by Crippen LogP contribution is 2.19. The maximum Gasteiger partial charge on any atom is 0.263 e. The SMILES string of the molecule is CCN1CCN(C(=O)[C@H](C)Oc2ccccc2C#N)CC1. The Balaban J connectivity index is 1.96. The summed E-state index contributed by atoms with van der Waals surface area (Å²) in [6, 6.07) is 9.06. The molecule has 0 saturated carbocycles. The molecule has 0 aromatic heterocycles. The van der Waals surface area contributed by atoms with E-state index in [0.717, 1.165) is 32.7 Å². The lowest BCUT2D eigenvalue weighted by Crippen LogP contribution is -2.51. The van der Waals surface area contributed by atoms with E-state index in [1.807, 2.05) is 4.90 Å². The Labute approximate surface area is 125 Å². The summed E-state index contributed by atoms with van der Waals surface area (Å²) in [7, 11) is 0. The number of amides is 1. The van der Waals surface area contributed by atoms with Crippen molar-refractivity contribution in [3.05, 3.63) is 29.8 Å². The molecular weight excluding hydrogens is 266 g/mol. The summed E-state index contributed by atoms with van der Waals surface area (Å²) in [5, 5.41) is 9.04. The van der Waals surface area contributed by atoms with Crippen LogP contribution in [0.3, 0.4) is 0 Å². The van der Waals surface area contributed by atoms with Crippen molar-refractivity contribution < 1.29 is 9.53 Å². The fraction of sp³-hybridized carbons (Fsp3) is 0.500. The van der Waals surface area contributed by atoms with Gasteiger partial charge in [0.15, 0.2) is 6.10 Å². The standard InChI is InChI=1S/C16H21N3O2/c1-3-18-8-10-19(11-9-18)16(20)13(2)21-15-7-5-4-6-14(15)12-17/h4-7,13H,3,8-11H2,1-2H3/t13-/m0/s1. The van der Waals surface area contributed by atoms with Crippen molar-refractivity contribution in [3.63, 3.8) is 0 Å². The van der Waals surface area contributed by atoms with Crippen molar-refractivity contribution in [2.45, 2.75) is 20.0 Å². The maximum absolute atomic E-state index is 12.4. The lowest BCUT2D eigenvalue weighted by Gasteiger charge is -2.35. The Morgan fingerprint density at radius 1 is 1.33 bits per heavy atom. The van der Waals surface area contributed by atoms with Gasteiger partial charge in [0.1, 0.15) is 11.8 Å². The van der Waals surface area contributed by atoms with E-state index in [0.29, 0.717) is 11.3 Å². The summed E-state index contributed by atoms with van der Waals surface area (Å²) in [5.74, 6) is 0.451. The van der Waals surface area contributed by atoms with Gasteiger partial charge in [-0.15, -0.1) is 0 Å². The number of carbonyl (C=O) groups is 1. The monoisotopic (exact) mass is 287 g/mol. The Kier molecular flexibility index (Phi) is 5.18. The molecule has 0 N–H and O–H groups in total. The molecule has 1 aromatic carbocycles. The molecule has 1 atom stereocenters. The average Bonchev–Trinajstić information content (AvgIpc) is 2.54. The highest BCUT2D eigenvalue weighted by molar-refractivity contribution is 5.81. The van der Waals surface area contributed by atoms with Crippen molar-refractivity contribution >= 4 is 5.91 Å². The van der Waals surface area contributed by atoms with Crippen LogP contribution in [0.25, 0.3) is 0 Å². The van der Waals surface area contributed by atoms with Gasteiger partial charge in [0.05, 0.1) is 5.56 Å². The summed E-state index contributed by atoms with van der Waals surface area (Å²) in [6.07, 6.45) is -0.576. The third kappa shape index (κ3) is 3.73. The number of para-hydroxylation sites is 1. The van der Waals surface area contributed by atoms with Crippen LogP contribution >= 0.6 is 0 Å². The highest BCUT2D eigenvalue weighted by Gasteiger charge is 2.25. The summed E-state index contributed by atoms with van der Waals surface area (Å²) in [6.45, 7) is 8.17. The van der Waals surface area contributed by atoms with Gasteiger partial charge in [-0.05, 0) is 25.6 Å². The molecule has 1 fully saturated rings. The van der Waals surface area contributed by atoms with E-state index < -0.39 is 6.10 Å². The van der Waals surface area contributed by atoms with Crippen LogP contribution in [0.1, 0.15) is 19.4 Å². The third-order valence-corrected chi connectivity index (χ3v) is 3.79. The lowest BCUT2D eigenvalue weighted by molar-refractivity contribution is -0.139. The van der Waals surface area contributed by atoms with E-state index in [4.69, 9.17) is 10.00 Å². The van der Waals surface area contributed by atoms with Crippen LogP contribution in [-0.4, -0.2) is 54.5 Å². The van der Waals surface area contributed by atoms with E-state index in [-0.39, 0.29) is 5.91 Å². The smallest absolute Gasteiger partial charge is 0.263 e. The second-order valence-corrected chi connectivity index (χ2v) is 5.13. The van der Waals surface area contributed by atoms with E-state index >= 15 is 0 Å². The maximum atomic E-state index is 12.4. The predicted octanol–water partition coefficient (Wildman–Crippen LogP) is 1.49. The Morgan fingerprint density at radius 3 is 2.62 bits per heavy atom. The minimum atomic E-state index is -0.576. The first-order valence-electron chi connectivity index (χ1n) is 7.32. The second kappa shape index (κ2) is 7.09. The minimum Gasteiger partial charge on any atom is -0.480 e. The number of carbonyl (C=O) groups excluding carboxylic acids is 1. The van der Waals surface area contributed by atoms with E-state index in [2.05, 4.69) is 17.9 Å². The number of hydrogen-bond acceptors (Lipinski definition) is 4. The summed E-state index contributed by atoms with van der Waals surface area (Å²) in [4.78, 5) is 16.6. The molecular formula is C16H21N3O2. The lowest BCUT2D eigenvalue weighted by atomic mass is 10.2. The first kappa shape index (κ1) is 15.3. The topological polar surface area (TPSA) is 56.6 Å². The zero-order valence-electron chi connectivity index (χ0n) is 12.6. The molecule has 0 aliphatic carbocycles. The largest absolute Gasteiger partial charge is 0.480 e. The van der Waals surface area contributed by atoms with Gasteiger partial charge < -0.3 is 14.5 Å². The van der Waals surface area contributed by atoms with Gasteiger partial charge in [0.2, 0.25) is 0 Å². The zero-order valence-corrected chi connectivity index (χ0v) is 12.6.